The second-order valence-electron chi connectivity index (χ2n) is 8.57. The minimum atomic E-state index is -3.08. The molecule has 0 unspecified atom stereocenters. The van der Waals surface area contributed by atoms with E-state index in [9.17, 15) is 0 Å². The molecule has 0 saturated heterocycles. The first kappa shape index (κ1) is 19.4. The van der Waals surface area contributed by atoms with Gasteiger partial charge in [-0.25, -0.2) is 0 Å². The van der Waals surface area contributed by atoms with Crippen LogP contribution in [0.4, 0.5) is 0 Å². The minimum absolute atomic E-state index is 0.363. The Hall–Kier alpha value is -0.683. The van der Waals surface area contributed by atoms with E-state index >= 15 is 0 Å². The molecule has 0 aliphatic carbocycles. The molecule has 3 nitrogen and oxygen atoms in total. The summed E-state index contributed by atoms with van der Waals surface area (Å²) >= 11 is 0. The van der Waals surface area contributed by atoms with Gasteiger partial charge in [-0.15, -0.1) is 0 Å². The van der Waals surface area contributed by atoms with Crippen LogP contribution in [0.5, 0.6) is 0 Å². The first-order chi connectivity index (χ1) is 9.73. The Morgan fingerprint density at radius 1 is 0.591 bits per heavy atom. The van der Waals surface area contributed by atoms with Gasteiger partial charge in [-0.2, -0.15) is 0 Å². The summed E-state index contributed by atoms with van der Waals surface area (Å²) in [7, 11) is -3.08. The van der Waals surface area contributed by atoms with Gasteiger partial charge in [0, 0.05) is 5.19 Å². The molecule has 4 heteroatoms. The van der Waals surface area contributed by atoms with Crippen molar-refractivity contribution in [1.29, 1.82) is 0 Å². The van der Waals surface area contributed by atoms with Crippen LogP contribution in [0.2, 0.25) is 0 Å². The molecule has 0 aromatic heterocycles. The Morgan fingerprint density at radius 2 is 0.909 bits per heavy atom. The molecule has 0 bridgehead atoms. The molecule has 0 atom stereocenters. The molecule has 0 N–H and O–H groups in total. The number of rotatable bonds is 4. The van der Waals surface area contributed by atoms with Crippen LogP contribution < -0.4 is 5.19 Å². The van der Waals surface area contributed by atoms with E-state index in [1.54, 1.807) is 0 Å². The van der Waals surface area contributed by atoms with Gasteiger partial charge in [0.2, 0.25) is 0 Å². The number of hydrogen-bond acceptors (Lipinski definition) is 3. The number of benzene rings is 1. The van der Waals surface area contributed by atoms with Gasteiger partial charge in [-0.1, -0.05) is 30.3 Å². The largest absolute Gasteiger partial charge is 0.538 e. The molecule has 0 radical (unpaired) electrons. The van der Waals surface area contributed by atoms with Gasteiger partial charge in [0.1, 0.15) is 0 Å². The highest BCUT2D eigenvalue weighted by molar-refractivity contribution is 6.75. The highest BCUT2D eigenvalue weighted by Crippen LogP contribution is 2.28. The SMILES string of the molecule is CC(C)(C)O[Si](OC(C)(C)C)(OC(C)(C)C)c1ccccc1. The lowest BCUT2D eigenvalue weighted by molar-refractivity contribution is -0.0655. The van der Waals surface area contributed by atoms with Crippen LogP contribution in [0.1, 0.15) is 62.3 Å². The van der Waals surface area contributed by atoms with E-state index in [2.05, 4.69) is 0 Å². The molecular weight excluding hydrogens is 292 g/mol. The molecule has 1 aromatic carbocycles. The van der Waals surface area contributed by atoms with Gasteiger partial charge >= 0.3 is 8.80 Å². The van der Waals surface area contributed by atoms with Crippen LogP contribution in [0.3, 0.4) is 0 Å². The van der Waals surface area contributed by atoms with Crippen molar-refractivity contribution in [1.82, 2.24) is 0 Å². The summed E-state index contributed by atoms with van der Waals surface area (Å²) in [4.78, 5) is 0. The third-order valence-electron chi connectivity index (χ3n) is 2.45. The zero-order chi connectivity index (χ0) is 17.2. The second kappa shape index (κ2) is 6.44. The summed E-state index contributed by atoms with van der Waals surface area (Å²) in [5, 5.41) is 0.995. The van der Waals surface area contributed by atoms with Crippen molar-refractivity contribution in [2.24, 2.45) is 0 Å². The van der Waals surface area contributed by atoms with E-state index in [0.29, 0.717) is 0 Å². The summed E-state index contributed by atoms with van der Waals surface area (Å²) in [6, 6.07) is 10.1. The predicted molar refractivity (Wildman–Crippen MR) is 94.3 cm³/mol. The van der Waals surface area contributed by atoms with Gasteiger partial charge in [0.25, 0.3) is 0 Å². The van der Waals surface area contributed by atoms with Crippen molar-refractivity contribution in [3.05, 3.63) is 30.3 Å². The van der Waals surface area contributed by atoms with Crippen molar-refractivity contribution in [3.8, 4) is 0 Å². The second-order valence-corrected chi connectivity index (χ2v) is 10.9. The van der Waals surface area contributed by atoms with Crippen LogP contribution in [0.25, 0.3) is 0 Å². The standard InChI is InChI=1S/C18H32O3Si/c1-16(2,3)19-22(20-17(4,5)6,21-18(7,8)9)15-13-11-10-12-14-15/h10-14H,1-9H3. The smallest absolute Gasteiger partial charge is 0.365 e. The van der Waals surface area contributed by atoms with Crippen LogP contribution in [0, 0.1) is 0 Å². The average molecular weight is 325 g/mol. The fraction of sp³-hybridized carbons (Fsp3) is 0.667. The Morgan fingerprint density at radius 3 is 1.18 bits per heavy atom. The van der Waals surface area contributed by atoms with Gasteiger partial charge in [-0.05, 0) is 62.3 Å². The highest BCUT2D eigenvalue weighted by Gasteiger charge is 2.52. The molecular formula is C18H32O3Si. The summed E-state index contributed by atoms with van der Waals surface area (Å²) in [5.41, 5.74) is -1.09. The first-order valence-electron chi connectivity index (χ1n) is 7.89. The lowest BCUT2D eigenvalue weighted by Crippen LogP contribution is -2.64. The zero-order valence-corrected chi connectivity index (χ0v) is 16.6. The maximum absolute atomic E-state index is 6.46. The van der Waals surface area contributed by atoms with Gasteiger partial charge in [-0.3, -0.25) is 0 Å². The Kier molecular flexibility index (Phi) is 5.67. The minimum Gasteiger partial charge on any atom is -0.365 e. The molecule has 0 fully saturated rings. The van der Waals surface area contributed by atoms with Crippen molar-refractivity contribution >= 4 is 14.0 Å². The van der Waals surface area contributed by atoms with E-state index in [-0.39, 0.29) is 16.8 Å². The number of hydrogen-bond donors (Lipinski definition) is 0. The predicted octanol–water partition coefficient (Wildman–Crippen LogP) is 4.28. The van der Waals surface area contributed by atoms with Crippen molar-refractivity contribution in [2.45, 2.75) is 79.1 Å². The summed E-state index contributed by atoms with van der Waals surface area (Å²) < 4.78 is 19.4. The third kappa shape index (κ3) is 6.61. The summed E-state index contributed by atoms with van der Waals surface area (Å²) in [5.74, 6) is 0. The lowest BCUT2D eigenvalue weighted by atomic mass is 10.2. The molecule has 0 amide bonds. The maximum atomic E-state index is 6.46. The van der Waals surface area contributed by atoms with Gasteiger partial charge < -0.3 is 13.3 Å². The molecule has 0 aliphatic rings. The normalized spacial score (nSPS) is 14.2. The van der Waals surface area contributed by atoms with Gasteiger partial charge in [0.15, 0.2) is 0 Å². The van der Waals surface area contributed by atoms with Crippen LogP contribution >= 0.6 is 0 Å². The summed E-state index contributed by atoms with van der Waals surface area (Å²) in [6.07, 6.45) is 0. The molecule has 0 heterocycles. The Labute approximate surface area is 137 Å². The van der Waals surface area contributed by atoms with Crippen LogP contribution in [0.15, 0.2) is 30.3 Å². The fourth-order valence-electron chi connectivity index (χ4n) is 2.09. The van der Waals surface area contributed by atoms with Crippen molar-refractivity contribution < 1.29 is 13.3 Å². The van der Waals surface area contributed by atoms with E-state index in [0.717, 1.165) is 5.19 Å². The fourth-order valence-corrected chi connectivity index (χ4v) is 5.59. The molecule has 0 aliphatic heterocycles. The van der Waals surface area contributed by atoms with E-state index < -0.39 is 8.80 Å². The van der Waals surface area contributed by atoms with Crippen molar-refractivity contribution in [3.63, 3.8) is 0 Å². The van der Waals surface area contributed by atoms with E-state index in [1.165, 1.54) is 0 Å². The van der Waals surface area contributed by atoms with Crippen LogP contribution in [-0.4, -0.2) is 25.6 Å². The maximum Gasteiger partial charge on any atom is 0.538 e. The highest BCUT2D eigenvalue weighted by atomic mass is 28.4. The molecule has 1 aromatic rings. The Balaban J connectivity index is 3.41. The third-order valence-corrected chi connectivity index (χ3v) is 6.13. The quantitative estimate of drug-likeness (QED) is 0.774. The summed E-state index contributed by atoms with van der Waals surface area (Å²) in [6.45, 7) is 18.3. The monoisotopic (exact) mass is 324 g/mol. The van der Waals surface area contributed by atoms with Crippen molar-refractivity contribution in [2.75, 3.05) is 0 Å². The van der Waals surface area contributed by atoms with Crippen LogP contribution in [-0.2, 0) is 13.3 Å². The zero-order valence-electron chi connectivity index (χ0n) is 15.6. The molecule has 0 spiro atoms. The van der Waals surface area contributed by atoms with E-state index in [1.807, 2.05) is 92.6 Å². The average Bonchev–Trinajstić information content (AvgIpc) is 2.22. The molecule has 0 saturated carbocycles. The lowest BCUT2D eigenvalue weighted by Gasteiger charge is -2.43. The topological polar surface area (TPSA) is 27.7 Å². The molecule has 1 rings (SSSR count). The molecule has 126 valence electrons. The van der Waals surface area contributed by atoms with E-state index in [4.69, 9.17) is 13.3 Å². The van der Waals surface area contributed by atoms with Gasteiger partial charge in [0.05, 0.1) is 16.8 Å². The Bertz CT molecular complexity index is 423. The molecule has 22 heavy (non-hydrogen) atoms. The first-order valence-corrected chi connectivity index (χ1v) is 9.61.